The number of aryl methyl sites for hydroxylation is 2. The van der Waals surface area contributed by atoms with Gasteiger partial charge in [0.25, 0.3) is 0 Å². The third kappa shape index (κ3) is 1.59. The van der Waals surface area contributed by atoms with Crippen molar-refractivity contribution in [2.45, 2.75) is 25.7 Å². The van der Waals surface area contributed by atoms with E-state index in [1.54, 1.807) is 0 Å². The molecule has 3 heteroatoms. The molecular formula is C13H11Cl2N. The van der Waals surface area contributed by atoms with Crippen molar-refractivity contribution < 1.29 is 0 Å². The van der Waals surface area contributed by atoms with Crippen molar-refractivity contribution in [3.05, 3.63) is 39.6 Å². The number of hydrogen-bond acceptors (Lipinski definition) is 1. The number of nitrogens with zero attached hydrogens (tertiary/aromatic N) is 1. The smallest absolute Gasteiger partial charge is 0.138 e. The quantitative estimate of drug-likeness (QED) is 0.632. The van der Waals surface area contributed by atoms with Crippen LogP contribution in [-0.4, -0.2) is 4.98 Å². The van der Waals surface area contributed by atoms with E-state index in [1.807, 2.05) is 6.07 Å². The van der Waals surface area contributed by atoms with Gasteiger partial charge in [-0.1, -0.05) is 35.3 Å². The number of hydrogen-bond donors (Lipinski definition) is 0. The Morgan fingerprint density at radius 2 is 1.88 bits per heavy atom. The van der Waals surface area contributed by atoms with Crippen LogP contribution in [0.3, 0.4) is 0 Å². The summed E-state index contributed by atoms with van der Waals surface area (Å²) in [5.74, 6) is 0. The molecule has 1 nitrogen and oxygen atoms in total. The van der Waals surface area contributed by atoms with Crippen molar-refractivity contribution in [3.8, 4) is 0 Å². The summed E-state index contributed by atoms with van der Waals surface area (Å²) in [6.45, 7) is 0. The first kappa shape index (κ1) is 10.4. The molecule has 0 bridgehead atoms. The maximum Gasteiger partial charge on any atom is 0.138 e. The SMILES string of the molecule is Clc1cc2ccc3c(c2c(Cl)n1)CCCC3. The Labute approximate surface area is 104 Å². The minimum absolute atomic E-state index is 0.466. The van der Waals surface area contributed by atoms with Crippen molar-refractivity contribution in [1.29, 1.82) is 0 Å². The van der Waals surface area contributed by atoms with Crippen LogP contribution in [0, 0.1) is 0 Å². The molecule has 0 aliphatic heterocycles. The van der Waals surface area contributed by atoms with Crippen LogP contribution in [0.5, 0.6) is 0 Å². The van der Waals surface area contributed by atoms with Gasteiger partial charge in [0.2, 0.25) is 0 Å². The minimum atomic E-state index is 0.466. The molecule has 16 heavy (non-hydrogen) atoms. The number of benzene rings is 1. The average Bonchev–Trinajstić information content (AvgIpc) is 2.28. The van der Waals surface area contributed by atoms with Crippen LogP contribution in [0.25, 0.3) is 10.8 Å². The lowest BCUT2D eigenvalue weighted by atomic mass is 9.88. The summed E-state index contributed by atoms with van der Waals surface area (Å²) in [4.78, 5) is 4.14. The Hall–Kier alpha value is -0.790. The van der Waals surface area contributed by atoms with E-state index in [0.717, 1.165) is 23.6 Å². The first-order valence-electron chi connectivity index (χ1n) is 5.52. The molecule has 0 spiro atoms. The van der Waals surface area contributed by atoms with Crippen LogP contribution in [0.15, 0.2) is 18.2 Å². The molecule has 0 radical (unpaired) electrons. The Morgan fingerprint density at radius 1 is 1.06 bits per heavy atom. The lowest BCUT2D eigenvalue weighted by Gasteiger charge is -2.18. The average molecular weight is 252 g/mol. The van der Waals surface area contributed by atoms with Crippen LogP contribution >= 0.6 is 23.2 Å². The standard InChI is InChI=1S/C13H11Cl2N/c14-11-7-9-6-5-8-3-1-2-4-10(8)12(9)13(15)16-11/h5-7H,1-4H2. The van der Waals surface area contributed by atoms with Crippen LogP contribution in [-0.2, 0) is 12.8 Å². The van der Waals surface area contributed by atoms with Crippen molar-refractivity contribution in [3.63, 3.8) is 0 Å². The third-order valence-electron chi connectivity index (χ3n) is 3.25. The predicted octanol–water partition coefficient (Wildman–Crippen LogP) is 4.42. The molecule has 1 aromatic carbocycles. The topological polar surface area (TPSA) is 12.9 Å². The molecule has 1 aliphatic rings. The van der Waals surface area contributed by atoms with Gasteiger partial charge >= 0.3 is 0 Å². The lowest BCUT2D eigenvalue weighted by molar-refractivity contribution is 0.690. The number of fused-ring (bicyclic) bond motifs is 3. The molecule has 0 fully saturated rings. The normalized spacial score (nSPS) is 15.1. The van der Waals surface area contributed by atoms with Crippen LogP contribution in [0.4, 0.5) is 0 Å². The Balaban J connectivity index is 2.38. The summed E-state index contributed by atoms with van der Waals surface area (Å²) >= 11 is 12.1. The second-order valence-corrected chi connectivity index (χ2v) is 4.99. The van der Waals surface area contributed by atoms with Crippen LogP contribution in [0.1, 0.15) is 24.0 Å². The molecule has 0 atom stereocenters. The molecule has 0 saturated heterocycles. The fraction of sp³-hybridized carbons (Fsp3) is 0.308. The molecule has 3 rings (SSSR count). The van der Waals surface area contributed by atoms with Gasteiger partial charge in [0.1, 0.15) is 10.3 Å². The molecule has 1 heterocycles. The summed E-state index contributed by atoms with van der Waals surface area (Å²) in [5, 5.41) is 3.21. The molecule has 0 unspecified atom stereocenters. The van der Waals surface area contributed by atoms with Gasteiger partial charge < -0.3 is 0 Å². The van der Waals surface area contributed by atoms with Gasteiger partial charge in [-0.15, -0.1) is 0 Å². The zero-order chi connectivity index (χ0) is 11.1. The molecule has 0 N–H and O–H groups in total. The zero-order valence-corrected chi connectivity index (χ0v) is 10.3. The van der Waals surface area contributed by atoms with E-state index in [9.17, 15) is 0 Å². The maximum absolute atomic E-state index is 6.20. The third-order valence-corrected chi connectivity index (χ3v) is 3.72. The Morgan fingerprint density at radius 3 is 2.75 bits per heavy atom. The first-order chi connectivity index (χ1) is 7.75. The fourth-order valence-corrected chi connectivity index (χ4v) is 3.08. The molecule has 82 valence electrons. The van der Waals surface area contributed by atoms with Crippen LogP contribution < -0.4 is 0 Å². The van der Waals surface area contributed by atoms with Gasteiger partial charge in [-0.2, -0.15) is 0 Å². The molecule has 0 saturated carbocycles. The van der Waals surface area contributed by atoms with Crippen molar-refractivity contribution >= 4 is 34.0 Å². The van der Waals surface area contributed by atoms with E-state index >= 15 is 0 Å². The molecule has 1 aliphatic carbocycles. The van der Waals surface area contributed by atoms with E-state index in [1.165, 1.54) is 24.0 Å². The summed E-state index contributed by atoms with van der Waals surface area (Å²) in [7, 11) is 0. The maximum atomic E-state index is 6.20. The predicted molar refractivity (Wildman–Crippen MR) is 68.4 cm³/mol. The second kappa shape index (κ2) is 3.90. The summed E-state index contributed by atoms with van der Waals surface area (Å²) in [5.41, 5.74) is 2.79. The number of rotatable bonds is 0. The van der Waals surface area contributed by atoms with Crippen molar-refractivity contribution in [2.24, 2.45) is 0 Å². The van der Waals surface area contributed by atoms with Gasteiger partial charge in [0.05, 0.1) is 0 Å². The number of halogens is 2. The molecule has 2 aromatic rings. The highest BCUT2D eigenvalue weighted by atomic mass is 35.5. The van der Waals surface area contributed by atoms with Gasteiger partial charge in [0, 0.05) is 5.39 Å². The number of aromatic nitrogens is 1. The molecular weight excluding hydrogens is 241 g/mol. The van der Waals surface area contributed by atoms with Gasteiger partial charge in [0.15, 0.2) is 0 Å². The second-order valence-electron chi connectivity index (χ2n) is 4.24. The zero-order valence-electron chi connectivity index (χ0n) is 8.76. The monoisotopic (exact) mass is 251 g/mol. The Bertz CT molecular complexity index is 563. The summed E-state index contributed by atoms with van der Waals surface area (Å²) in [6.07, 6.45) is 4.78. The summed E-state index contributed by atoms with van der Waals surface area (Å²) < 4.78 is 0. The van der Waals surface area contributed by atoms with Crippen LogP contribution in [0.2, 0.25) is 10.3 Å². The molecule has 1 aromatic heterocycles. The fourth-order valence-electron chi connectivity index (χ4n) is 2.52. The summed E-state index contributed by atoms with van der Waals surface area (Å²) in [6, 6.07) is 6.18. The Kier molecular flexibility index (Phi) is 2.53. The van der Waals surface area contributed by atoms with E-state index in [-0.39, 0.29) is 0 Å². The van der Waals surface area contributed by atoms with Gasteiger partial charge in [-0.3, -0.25) is 0 Å². The highest BCUT2D eigenvalue weighted by Gasteiger charge is 2.15. The first-order valence-corrected chi connectivity index (χ1v) is 6.28. The largest absolute Gasteiger partial charge is 0.224 e. The highest BCUT2D eigenvalue weighted by Crippen LogP contribution is 2.33. The van der Waals surface area contributed by atoms with Gasteiger partial charge in [-0.25, -0.2) is 4.98 Å². The lowest BCUT2D eigenvalue weighted by Crippen LogP contribution is -2.03. The molecule has 0 amide bonds. The van der Waals surface area contributed by atoms with E-state index < -0.39 is 0 Å². The minimum Gasteiger partial charge on any atom is -0.224 e. The number of pyridine rings is 1. The highest BCUT2D eigenvalue weighted by molar-refractivity contribution is 6.36. The van der Waals surface area contributed by atoms with E-state index in [0.29, 0.717) is 10.3 Å². The van der Waals surface area contributed by atoms with E-state index in [2.05, 4.69) is 17.1 Å². The van der Waals surface area contributed by atoms with E-state index in [4.69, 9.17) is 23.2 Å². The van der Waals surface area contributed by atoms with Gasteiger partial charge in [-0.05, 0) is 48.3 Å². The van der Waals surface area contributed by atoms with Crippen molar-refractivity contribution in [2.75, 3.05) is 0 Å². The van der Waals surface area contributed by atoms with Crippen molar-refractivity contribution in [1.82, 2.24) is 4.98 Å².